The minimum Gasteiger partial charge on any atom is -0.331 e. The summed E-state index contributed by atoms with van der Waals surface area (Å²) in [5.74, 6) is 0. The molecule has 0 spiro atoms. The standard InChI is InChI=1S/C11H21N3/c1-9(2)14-8-12-6-10(14)7-13-11(3,4)5/h6,8-9,13H,7H2,1-5H3. The van der Waals surface area contributed by atoms with Gasteiger partial charge in [0, 0.05) is 24.3 Å². The molecule has 0 aliphatic rings. The molecule has 1 aromatic heterocycles. The summed E-state index contributed by atoms with van der Waals surface area (Å²) in [6.45, 7) is 11.7. The average Bonchev–Trinajstić information content (AvgIpc) is 2.46. The van der Waals surface area contributed by atoms with Gasteiger partial charge in [0.15, 0.2) is 0 Å². The van der Waals surface area contributed by atoms with Gasteiger partial charge in [-0.15, -0.1) is 0 Å². The van der Waals surface area contributed by atoms with Gasteiger partial charge < -0.3 is 9.88 Å². The Bertz CT molecular complexity index is 281. The second-order valence-electron chi connectivity index (χ2n) is 4.99. The first-order valence-corrected chi connectivity index (χ1v) is 5.16. The Labute approximate surface area is 86.5 Å². The van der Waals surface area contributed by atoms with Crippen molar-refractivity contribution >= 4 is 0 Å². The fourth-order valence-electron chi connectivity index (χ4n) is 1.29. The van der Waals surface area contributed by atoms with E-state index in [2.05, 4.69) is 49.5 Å². The van der Waals surface area contributed by atoms with Crippen molar-refractivity contribution in [2.24, 2.45) is 0 Å². The van der Waals surface area contributed by atoms with Crippen LogP contribution in [0.25, 0.3) is 0 Å². The molecule has 1 heterocycles. The van der Waals surface area contributed by atoms with E-state index in [1.807, 2.05) is 12.5 Å². The summed E-state index contributed by atoms with van der Waals surface area (Å²) in [4.78, 5) is 4.17. The molecule has 0 aliphatic heterocycles. The normalized spacial score (nSPS) is 12.4. The Morgan fingerprint density at radius 2 is 2.07 bits per heavy atom. The molecule has 3 heteroatoms. The van der Waals surface area contributed by atoms with Crippen molar-refractivity contribution in [1.29, 1.82) is 0 Å². The molecule has 1 rings (SSSR count). The third-order valence-corrected chi connectivity index (χ3v) is 2.10. The van der Waals surface area contributed by atoms with E-state index in [-0.39, 0.29) is 5.54 Å². The zero-order valence-electron chi connectivity index (χ0n) is 9.83. The van der Waals surface area contributed by atoms with Crippen LogP contribution in [0.3, 0.4) is 0 Å². The lowest BCUT2D eigenvalue weighted by molar-refractivity contribution is 0.411. The molecule has 0 unspecified atom stereocenters. The summed E-state index contributed by atoms with van der Waals surface area (Å²) < 4.78 is 2.19. The molecule has 0 aromatic carbocycles. The van der Waals surface area contributed by atoms with Gasteiger partial charge in [0.25, 0.3) is 0 Å². The van der Waals surface area contributed by atoms with Gasteiger partial charge in [-0.2, -0.15) is 0 Å². The van der Waals surface area contributed by atoms with Crippen LogP contribution in [0, 0.1) is 0 Å². The number of rotatable bonds is 3. The van der Waals surface area contributed by atoms with Crippen molar-refractivity contribution in [3.05, 3.63) is 18.2 Å². The maximum absolute atomic E-state index is 4.17. The van der Waals surface area contributed by atoms with Crippen molar-refractivity contribution in [2.45, 2.75) is 52.7 Å². The van der Waals surface area contributed by atoms with Crippen molar-refractivity contribution in [1.82, 2.24) is 14.9 Å². The quantitative estimate of drug-likeness (QED) is 0.802. The van der Waals surface area contributed by atoms with Gasteiger partial charge >= 0.3 is 0 Å². The fourth-order valence-corrected chi connectivity index (χ4v) is 1.29. The Morgan fingerprint density at radius 1 is 1.43 bits per heavy atom. The van der Waals surface area contributed by atoms with Crippen LogP contribution in [0.4, 0.5) is 0 Å². The Balaban J connectivity index is 2.63. The fraction of sp³-hybridized carbons (Fsp3) is 0.727. The van der Waals surface area contributed by atoms with Gasteiger partial charge in [0.1, 0.15) is 0 Å². The van der Waals surface area contributed by atoms with E-state index in [1.54, 1.807) is 0 Å². The third kappa shape index (κ3) is 3.14. The first-order valence-electron chi connectivity index (χ1n) is 5.16. The summed E-state index contributed by atoms with van der Waals surface area (Å²) in [7, 11) is 0. The van der Waals surface area contributed by atoms with Crippen molar-refractivity contribution < 1.29 is 0 Å². The van der Waals surface area contributed by atoms with Gasteiger partial charge in [-0.3, -0.25) is 0 Å². The minimum absolute atomic E-state index is 0.159. The maximum atomic E-state index is 4.17. The van der Waals surface area contributed by atoms with Crippen LogP contribution in [0.2, 0.25) is 0 Å². The molecule has 3 nitrogen and oxygen atoms in total. The smallest absolute Gasteiger partial charge is 0.0951 e. The average molecular weight is 195 g/mol. The second kappa shape index (κ2) is 4.13. The number of aromatic nitrogens is 2. The molecule has 0 radical (unpaired) electrons. The van der Waals surface area contributed by atoms with Crippen molar-refractivity contribution in [3.8, 4) is 0 Å². The summed E-state index contributed by atoms with van der Waals surface area (Å²) in [6, 6.07) is 0.481. The molecule has 14 heavy (non-hydrogen) atoms. The van der Waals surface area contributed by atoms with E-state index in [0.717, 1.165) is 6.54 Å². The molecule has 1 N–H and O–H groups in total. The monoisotopic (exact) mass is 195 g/mol. The van der Waals surface area contributed by atoms with Crippen LogP contribution in [-0.2, 0) is 6.54 Å². The molecule has 0 atom stereocenters. The number of imidazole rings is 1. The highest BCUT2D eigenvalue weighted by atomic mass is 15.1. The first-order chi connectivity index (χ1) is 6.40. The van der Waals surface area contributed by atoms with Crippen LogP contribution in [0.5, 0.6) is 0 Å². The van der Waals surface area contributed by atoms with Gasteiger partial charge in [-0.25, -0.2) is 4.98 Å². The van der Waals surface area contributed by atoms with Crippen LogP contribution in [0.15, 0.2) is 12.5 Å². The van der Waals surface area contributed by atoms with E-state index in [4.69, 9.17) is 0 Å². The highest BCUT2D eigenvalue weighted by molar-refractivity contribution is 5.00. The first kappa shape index (κ1) is 11.2. The Hall–Kier alpha value is -0.830. The summed E-state index contributed by atoms with van der Waals surface area (Å²) >= 11 is 0. The lowest BCUT2D eigenvalue weighted by Crippen LogP contribution is -2.35. The lowest BCUT2D eigenvalue weighted by atomic mass is 10.1. The largest absolute Gasteiger partial charge is 0.331 e. The van der Waals surface area contributed by atoms with E-state index < -0.39 is 0 Å². The van der Waals surface area contributed by atoms with Crippen LogP contribution >= 0.6 is 0 Å². The number of hydrogen-bond donors (Lipinski definition) is 1. The molecule has 80 valence electrons. The second-order valence-corrected chi connectivity index (χ2v) is 4.99. The number of nitrogens with zero attached hydrogens (tertiary/aromatic N) is 2. The lowest BCUT2D eigenvalue weighted by Gasteiger charge is -2.21. The predicted octanol–water partition coefficient (Wildman–Crippen LogP) is 2.35. The predicted molar refractivity (Wildman–Crippen MR) is 59.2 cm³/mol. The summed E-state index contributed by atoms with van der Waals surface area (Å²) in [5, 5.41) is 3.46. The number of hydrogen-bond acceptors (Lipinski definition) is 2. The van der Waals surface area contributed by atoms with Crippen LogP contribution in [-0.4, -0.2) is 15.1 Å². The van der Waals surface area contributed by atoms with Gasteiger partial charge in [-0.05, 0) is 34.6 Å². The third-order valence-electron chi connectivity index (χ3n) is 2.10. The molecule has 0 fully saturated rings. The molecule has 1 aromatic rings. The topological polar surface area (TPSA) is 29.9 Å². The van der Waals surface area contributed by atoms with E-state index in [0.29, 0.717) is 6.04 Å². The highest BCUT2D eigenvalue weighted by Crippen LogP contribution is 2.10. The molecule has 0 saturated carbocycles. The van der Waals surface area contributed by atoms with Crippen molar-refractivity contribution in [2.75, 3.05) is 0 Å². The minimum atomic E-state index is 0.159. The number of nitrogens with one attached hydrogen (secondary N) is 1. The molecule has 0 aliphatic carbocycles. The highest BCUT2D eigenvalue weighted by Gasteiger charge is 2.11. The molecule has 0 bridgehead atoms. The Morgan fingerprint density at radius 3 is 2.57 bits per heavy atom. The molecular formula is C11H21N3. The van der Waals surface area contributed by atoms with Crippen LogP contribution in [0.1, 0.15) is 46.4 Å². The SMILES string of the molecule is CC(C)n1cncc1CNC(C)(C)C. The van der Waals surface area contributed by atoms with Gasteiger partial charge in [-0.1, -0.05) is 0 Å². The molecule has 0 saturated heterocycles. The van der Waals surface area contributed by atoms with Gasteiger partial charge in [0.05, 0.1) is 12.0 Å². The van der Waals surface area contributed by atoms with Crippen LogP contribution < -0.4 is 5.32 Å². The summed E-state index contributed by atoms with van der Waals surface area (Å²) in [5.41, 5.74) is 1.40. The van der Waals surface area contributed by atoms with Gasteiger partial charge in [0.2, 0.25) is 0 Å². The zero-order chi connectivity index (χ0) is 10.8. The maximum Gasteiger partial charge on any atom is 0.0951 e. The van der Waals surface area contributed by atoms with Crippen molar-refractivity contribution in [3.63, 3.8) is 0 Å². The van der Waals surface area contributed by atoms with E-state index in [1.165, 1.54) is 5.69 Å². The van der Waals surface area contributed by atoms with E-state index in [9.17, 15) is 0 Å². The summed E-state index contributed by atoms with van der Waals surface area (Å²) in [6.07, 6.45) is 3.82. The Kier molecular flexibility index (Phi) is 3.32. The van der Waals surface area contributed by atoms with E-state index >= 15 is 0 Å². The molecule has 0 amide bonds. The zero-order valence-corrected chi connectivity index (χ0v) is 9.83. The molecular weight excluding hydrogens is 174 g/mol.